The Morgan fingerprint density at radius 1 is 1.09 bits per heavy atom. The van der Waals surface area contributed by atoms with Gasteiger partial charge in [-0.25, -0.2) is 4.79 Å². The maximum atomic E-state index is 12.8. The number of para-hydroxylation sites is 1. The zero-order valence-electron chi connectivity index (χ0n) is 18.6. The molecule has 33 heavy (non-hydrogen) atoms. The van der Waals surface area contributed by atoms with Crippen LogP contribution >= 0.6 is 0 Å². The highest BCUT2D eigenvalue weighted by Gasteiger charge is 2.33. The fourth-order valence-electron chi connectivity index (χ4n) is 4.72. The highest BCUT2D eigenvalue weighted by molar-refractivity contribution is 5.90. The van der Waals surface area contributed by atoms with Crippen LogP contribution in [0.25, 0.3) is 10.9 Å². The van der Waals surface area contributed by atoms with E-state index in [9.17, 15) is 9.59 Å². The van der Waals surface area contributed by atoms with Crippen molar-refractivity contribution in [3.05, 3.63) is 63.3 Å². The molecule has 9 nitrogen and oxygen atoms in total. The number of nitrogens with two attached hydrogens (primary N) is 2. The van der Waals surface area contributed by atoms with E-state index in [0.29, 0.717) is 27.9 Å². The van der Waals surface area contributed by atoms with Gasteiger partial charge in [-0.3, -0.25) is 9.36 Å². The number of nitrogen functional groups attached to an aromatic ring is 1. The predicted octanol–water partition coefficient (Wildman–Crippen LogP) is 1.45. The minimum atomic E-state index is -0.517. The summed E-state index contributed by atoms with van der Waals surface area (Å²) < 4.78 is 14.0. The van der Waals surface area contributed by atoms with Crippen molar-refractivity contribution < 1.29 is 9.47 Å². The van der Waals surface area contributed by atoms with Gasteiger partial charge in [-0.2, -0.15) is 4.68 Å². The Morgan fingerprint density at radius 2 is 1.85 bits per heavy atom. The molecular formula is C24H29N5O4. The largest absolute Gasteiger partial charge is 0.492 e. The molecule has 5 rings (SSSR count). The van der Waals surface area contributed by atoms with Crippen LogP contribution in [0.2, 0.25) is 0 Å². The van der Waals surface area contributed by atoms with Gasteiger partial charge in [0.15, 0.2) is 5.75 Å². The zero-order valence-corrected chi connectivity index (χ0v) is 18.6. The molecule has 174 valence electrons. The molecule has 9 heteroatoms. The summed E-state index contributed by atoms with van der Waals surface area (Å²) in [6, 6.07) is 13.2. The smallest absolute Gasteiger partial charge is 0.350 e. The first-order chi connectivity index (χ1) is 16.0. The highest BCUT2D eigenvalue weighted by Crippen LogP contribution is 2.42. The number of fused-ring (bicyclic) bond motifs is 1. The van der Waals surface area contributed by atoms with E-state index in [-0.39, 0.29) is 18.0 Å². The molecule has 0 bridgehead atoms. The van der Waals surface area contributed by atoms with E-state index >= 15 is 0 Å². The molecule has 0 radical (unpaired) electrons. The molecule has 2 aliphatic rings. The summed E-state index contributed by atoms with van der Waals surface area (Å²) in [6.07, 6.45) is 2.67. The molecule has 2 aromatic carbocycles. The molecular weight excluding hydrogens is 422 g/mol. The predicted molar refractivity (Wildman–Crippen MR) is 128 cm³/mol. The van der Waals surface area contributed by atoms with E-state index in [4.69, 9.17) is 21.1 Å². The molecule has 2 fully saturated rings. The van der Waals surface area contributed by atoms with Crippen molar-refractivity contribution in [1.82, 2.24) is 9.24 Å². The second-order valence-electron chi connectivity index (χ2n) is 8.86. The molecule has 1 saturated heterocycles. The van der Waals surface area contributed by atoms with Crippen LogP contribution in [0, 0.1) is 5.92 Å². The van der Waals surface area contributed by atoms with Crippen molar-refractivity contribution in [2.75, 3.05) is 37.5 Å². The number of hydrogen-bond donors (Lipinski definition) is 2. The Morgan fingerprint density at radius 3 is 2.55 bits per heavy atom. The van der Waals surface area contributed by atoms with E-state index < -0.39 is 11.2 Å². The second-order valence-corrected chi connectivity index (χ2v) is 8.86. The number of methoxy groups -OCH3 is 1. The standard InChI is InChI=1S/C24H29N5O4/c1-32-22-20(10-9-18-21(22)28(16-7-8-16)24(31)29(26)23(18)30)27-12-11-15(13-27)19(25)14-33-17-5-3-2-4-6-17/h2-6,9-10,15-16,19H,7-8,11-14,25-26H2,1H3/t15?,19-/m0/s1. The van der Waals surface area contributed by atoms with Crippen LogP contribution in [0.1, 0.15) is 25.3 Å². The number of hydrogen-bond acceptors (Lipinski definition) is 7. The molecule has 0 spiro atoms. The van der Waals surface area contributed by atoms with E-state index in [1.807, 2.05) is 36.4 Å². The molecule has 0 amide bonds. The summed E-state index contributed by atoms with van der Waals surface area (Å²) in [7, 11) is 1.57. The third-order valence-electron chi connectivity index (χ3n) is 6.69. The zero-order chi connectivity index (χ0) is 23.1. The van der Waals surface area contributed by atoms with Crippen LogP contribution in [0.3, 0.4) is 0 Å². The summed E-state index contributed by atoms with van der Waals surface area (Å²) >= 11 is 0. The topological polar surface area (TPSA) is 118 Å². The number of anilines is 1. The Balaban J connectivity index is 1.43. The normalized spacial score (nSPS) is 19.1. The van der Waals surface area contributed by atoms with Gasteiger partial charge in [-0.05, 0) is 49.4 Å². The van der Waals surface area contributed by atoms with E-state index in [1.165, 1.54) is 0 Å². The monoisotopic (exact) mass is 451 g/mol. The molecule has 2 heterocycles. The van der Waals surface area contributed by atoms with Gasteiger partial charge < -0.3 is 25.9 Å². The van der Waals surface area contributed by atoms with Crippen molar-refractivity contribution in [3.63, 3.8) is 0 Å². The Bertz CT molecular complexity index is 1280. The summed E-state index contributed by atoms with van der Waals surface area (Å²) in [5.74, 6) is 7.37. The van der Waals surface area contributed by atoms with Gasteiger partial charge in [-0.1, -0.05) is 18.2 Å². The summed E-state index contributed by atoms with van der Waals surface area (Å²) in [5, 5.41) is 0.383. The third-order valence-corrected chi connectivity index (χ3v) is 6.69. The fraction of sp³-hybridized carbons (Fsp3) is 0.417. The van der Waals surface area contributed by atoms with Gasteiger partial charge in [0.25, 0.3) is 5.56 Å². The maximum Gasteiger partial charge on any atom is 0.350 e. The first-order valence-electron chi connectivity index (χ1n) is 11.3. The van der Waals surface area contributed by atoms with Crippen LogP contribution in [0.4, 0.5) is 5.69 Å². The van der Waals surface area contributed by atoms with Crippen molar-refractivity contribution in [2.45, 2.75) is 31.3 Å². The van der Waals surface area contributed by atoms with Crippen LogP contribution in [-0.2, 0) is 0 Å². The van der Waals surface area contributed by atoms with Crippen LogP contribution in [0.15, 0.2) is 52.1 Å². The molecule has 4 N–H and O–H groups in total. The van der Waals surface area contributed by atoms with Gasteiger partial charge in [0, 0.05) is 25.2 Å². The molecule has 1 saturated carbocycles. The molecule has 1 aliphatic heterocycles. The lowest BCUT2D eigenvalue weighted by Gasteiger charge is -2.25. The SMILES string of the molecule is COc1c(N2CCC([C@@H](N)COc3ccccc3)C2)ccc2c(=O)n(N)c(=O)n(C3CC3)c12. The summed E-state index contributed by atoms with van der Waals surface area (Å²) in [6.45, 7) is 1.98. The fourth-order valence-corrected chi connectivity index (χ4v) is 4.72. The van der Waals surface area contributed by atoms with E-state index in [2.05, 4.69) is 4.90 Å². The minimum absolute atomic E-state index is 0.0365. The number of ether oxygens (including phenoxy) is 2. The lowest BCUT2D eigenvalue weighted by Crippen LogP contribution is -2.44. The van der Waals surface area contributed by atoms with Crippen LogP contribution < -0.4 is 37.2 Å². The third kappa shape index (κ3) is 3.82. The molecule has 2 atom stereocenters. The number of nitrogens with zero attached hydrogens (tertiary/aromatic N) is 3. The number of aromatic nitrogens is 2. The van der Waals surface area contributed by atoms with Gasteiger partial charge >= 0.3 is 5.69 Å². The van der Waals surface area contributed by atoms with Gasteiger partial charge in [0.1, 0.15) is 17.9 Å². The lowest BCUT2D eigenvalue weighted by atomic mass is 10.0. The molecule has 3 aromatic rings. The molecule has 1 unspecified atom stereocenters. The van der Waals surface area contributed by atoms with Crippen molar-refractivity contribution >= 4 is 16.6 Å². The summed E-state index contributed by atoms with van der Waals surface area (Å²) in [4.78, 5) is 27.7. The number of rotatable bonds is 7. The lowest BCUT2D eigenvalue weighted by molar-refractivity contribution is 0.253. The molecule has 1 aliphatic carbocycles. The van der Waals surface area contributed by atoms with Gasteiger partial charge in [0.2, 0.25) is 0 Å². The Kier molecular flexibility index (Phi) is 5.49. The Labute approximate surface area is 191 Å². The van der Waals surface area contributed by atoms with Crippen molar-refractivity contribution in [1.29, 1.82) is 0 Å². The minimum Gasteiger partial charge on any atom is -0.492 e. The average Bonchev–Trinajstić information content (AvgIpc) is 3.55. The number of benzene rings is 2. The van der Waals surface area contributed by atoms with E-state index in [1.54, 1.807) is 17.7 Å². The van der Waals surface area contributed by atoms with E-state index in [0.717, 1.165) is 43.8 Å². The average molecular weight is 452 g/mol. The molecule has 1 aromatic heterocycles. The first kappa shape index (κ1) is 21.4. The van der Waals surface area contributed by atoms with Crippen LogP contribution in [-0.4, -0.2) is 42.1 Å². The second kappa shape index (κ2) is 8.47. The maximum absolute atomic E-state index is 12.8. The van der Waals surface area contributed by atoms with Gasteiger partial charge in [-0.15, -0.1) is 0 Å². The highest BCUT2D eigenvalue weighted by atomic mass is 16.5. The van der Waals surface area contributed by atoms with Crippen LogP contribution in [0.5, 0.6) is 11.5 Å². The van der Waals surface area contributed by atoms with Crippen molar-refractivity contribution in [3.8, 4) is 11.5 Å². The summed E-state index contributed by atoms with van der Waals surface area (Å²) in [5.41, 5.74) is 6.82. The Hall–Kier alpha value is -3.46. The quantitative estimate of drug-likeness (QED) is 0.522. The van der Waals surface area contributed by atoms with Crippen molar-refractivity contribution in [2.24, 2.45) is 11.7 Å². The van der Waals surface area contributed by atoms with Gasteiger partial charge in [0.05, 0.1) is 18.2 Å². The first-order valence-corrected chi connectivity index (χ1v) is 11.3.